The molecule has 1 aliphatic rings. The second kappa shape index (κ2) is 6.80. The second-order valence-corrected chi connectivity index (χ2v) is 7.09. The van der Waals surface area contributed by atoms with Crippen molar-refractivity contribution in [1.82, 2.24) is 10.2 Å². The number of hydrogen-bond donors (Lipinski definition) is 0. The summed E-state index contributed by atoms with van der Waals surface area (Å²) in [6, 6.07) is 10.1. The van der Waals surface area contributed by atoms with Crippen molar-refractivity contribution in [2.24, 2.45) is 0 Å². The van der Waals surface area contributed by atoms with Crippen LogP contribution in [-0.2, 0) is 11.2 Å². The van der Waals surface area contributed by atoms with Crippen LogP contribution in [0.1, 0.15) is 37.1 Å². The first kappa shape index (κ1) is 16.0. The number of nitrogens with zero attached hydrogens (tertiary/aromatic N) is 3. The van der Waals surface area contributed by atoms with E-state index in [2.05, 4.69) is 23.2 Å². The quantitative estimate of drug-likeness (QED) is 0.703. The fraction of sp³-hybridized carbons (Fsp3) is 0.316. The molecule has 0 saturated heterocycles. The zero-order valence-electron chi connectivity index (χ0n) is 14.0. The van der Waals surface area contributed by atoms with Crippen molar-refractivity contribution in [1.29, 1.82) is 0 Å². The van der Waals surface area contributed by atoms with Crippen LogP contribution < -0.4 is 4.90 Å². The van der Waals surface area contributed by atoms with Crippen LogP contribution in [0.4, 0.5) is 5.69 Å². The van der Waals surface area contributed by atoms with Crippen molar-refractivity contribution in [2.45, 2.75) is 32.1 Å². The number of aryl methyl sites for hydroxylation is 1. The average Bonchev–Trinajstić information content (AvgIpc) is 3.32. The fourth-order valence-corrected chi connectivity index (χ4v) is 3.84. The number of carbonyl (C=O) groups excluding carboxylic acids is 1. The number of rotatable bonds is 4. The topological polar surface area (TPSA) is 59.2 Å². The van der Waals surface area contributed by atoms with E-state index in [9.17, 15) is 4.79 Å². The molecule has 0 aliphatic carbocycles. The van der Waals surface area contributed by atoms with E-state index in [1.165, 1.54) is 5.56 Å². The highest BCUT2D eigenvalue weighted by Gasteiger charge is 2.26. The lowest BCUT2D eigenvalue weighted by Crippen LogP contribution is -2.36. The Morgan fingerprint density at radius 2 is 2.20 bits per heavy atom. The van der Waals surface area contributed by atoms with Gasteiger partial charge in [0.1, 0.15) is 0 Å². The molecule has 128 valence electrons. The Hall–Kier alpha value is -2.47. The van der Waals surface area contributed by atoms with E-state index in [0.717, 1.165) is 24.2 Å². The van der Waals surface area contributed by atoms with Gasteiger partial charge >= 0.3 is 0 Å². The summed E-state index contributed by atoms with van der Waals surface area (Å²) in [7, 11) is 0. The SMILES string of the molecule is CC1CCN(C(=O)CCc2nnc(-c3ccsc3)o2)c2ccccc21. The molecule has 1 atom stereocenters. The first-order valence-corrected chi connectivity index (χ1v) is 9.41. The van der Waals surface area contributed by atoms with Gasteiger partial charge in [0.2, 0.25) is 17.7 Å². The van der Waals surface area contributed by atoms with E-state index < -0.39 is 0 Å². The van der Waals surface area contributed by atoms with Crippen molar-refractivity contribution in [3.05, 3.63) is 52.5 Å². The number of fused-ring (bicyclic) bond motifs is 1. The van der Waals surface area contributed by atoms with Crippen LogP contribution in [0, 0.1) is 0 Å². The van der Waals surface area contributed by atoms with Crippen molar-refractivity contribution in [3.8, 4) is 11.5 Å². The van der Waals surface area contributed by atoms with E-state index in [1.807, 2.05) is 39.9 Å². The lowest BCUT2D eigenvalue weighted by Gasteiger charge is -2.33. The molecule has 0 spiro atoms. The van der Waals surface area contributed by atoms with Gasteiger partial charge in [0.25, 0.3) is 0 Å². The monoisotopic (exact) mass is 353 g/mol. The molecule has 0 saturated carbocycles. The molecule has 4 rings (SSSR count). The van der Waals surface area contributed by atoms with Crippen LogP contribution in [-0.4, -0.2) is 22.6 Å². The van der Waals surface area contributed by atoms with Crippen molar-refractivity contribution >= 4 is 22.9 Å². The minimum Gasteiger partial charge on any atom is -0.421 e. The van der Waals surface area contributed by atoms with E-state index in [0.29, 0.717) is 30.5 Å². The molecule has 1 aromatic carbocycles. The molecule has 25 heavy (non-hydrogen) atoms. The molecule has 0 bridgehead atoms. The number of anilines is 1. The lowest BCUT2D eigenvalue weighted by atomic mass is 9.91. The third-order valence-electron chi connectivity index (χ3n) is 4.63. The molecule has 0 radical (unpaired) electrons. The molecule has 1 unspecified atom stereocenters. The molecule has 5 nitrogen and oxygen atoms in total. The van der Waals surface area contributed by atoms with Crippen molar-refractivity contribution < 1.29 is 9.21 Å². The maximum atomic E-state index is 12.7. The van der Waals surface area contributed by atoms with Crippen molar-refractivity contribution in [2.75, 3.05) is 11.4 Å². The summed E-state index contributed by atoms with van der Waals surface area (Å²) in [5, 5.41) is 12.1. The number of benzene rings is 1. The van der Waals surface area contributed by atoms with Gasteiger partial charge in [0.05, 0.1) is 0 Å². The summed E-state index contributed by atoms with van der Waals surface area (Å²) >= 11 is 1.59. The predicted octanol–water partition coefficient (Wildman–Crippen LogP) is 4.27. The number of thiophene rings is 1. The third-order valence-corrected chi connectivity index (χ3v) is 5.32. The molecule has 1 aliphatic heterocycles. The van der Waals surface area contributed by atoms with Gasteiger partial charge in [-0.15, -0.1) is 10.2 Å². The van der Waals surface area contributed by atoms with Gasteiger partial charge in [0, 0.05) is 36.0 Å². The highest BCUT2D eigenvalue weighted by atomic mass is 32.1. The average molecular weight is 353 g/mol. The highest BCUT2D eigenvalue weighted by Crippen LogP contribution is 2.35. The molecular formula is C19H19N3O2S. The van der Waals surface area contributed by atoms with Gasteiger partial charge in [-0.05, 0) is 35.4 Å². The van der Waals surface area contributed by atoms with Gasteiger partial charge < -0.3 is 9.32 Å². The summed E-state index contributed by atoms with van der Waals surface area (Å²) in [4.78, 5) is 14.6. The van der Waals surface area contributed by atoms with E-state index in [-0.39, 0.29) is 5.91 Å². The normalized spacial score (nSPS) is 16.7. The van der Waals surface area contributed by atoms with E-state index in [4.69, 9.17) is 4.42 Å². The fourth-order valence-electron chi connectivity index (χ4n) is 3.21. The molecule has 3 aromatic rings. The maximum absolute atomic E-state index is 12.7. The third kappa shape index (κ3) is 3.22. The predicted molar refractivity (Wildman–Crippen MR) is 97.8 cm³/mol. The van der Waals surface area contributed by atoms with Crippen LogP contribution in [0.25, 0.3) is 11.5 Å². The Kier molecular flexibility index (Phi) is 4.36. The Morgan fingerprint density at radius 1 is 1.32 bits per heavy atom. The number of para-hydroxylation sites is 1. The first-order valence-electron chi connectivity index (χ1n) is 8.46. The Morgan fingerprint density at radius 3 is 3.04 bits per heavy atom. The Balaban J connectivity index is 1.44. The maximum Gasteiger partial charge on any atom is 0.248 e. The standard InChI is InChI=1S/C19H19N3O2S/c1-13-8-10-22(16-5-3-2-4-15(13)16)18(23)7-6-17-20-21-19(24-17)14-9-11-25-12-14/h2-5,9,11-13H,6-8,10H2,1H3. The lowest BCUT2D eigenvalue weighted by molar-refractivity contribution is -0.118. The zero-order chi connectivity index (χ0) is 17.2. The van der Waals surface area contributed by atoms with Crippen LogP contribution in [0.15, 0.2) is 45.5 Å². The summed E-state index contributed by atoms with van der Waals surface area (Å²) in [5.41, 5.74) is 3.21. The molecule has 0 fully saturated rings. The molecule has 0 N–H and O–H groups in total. The molecule has 3 heterocycles. The number of amides is 1. The van der Waals surface area contributed by atoms with Crippen LogP contribution in [0.3, 0.4) is 0 Å². The Bertz CT molecular complexity index is 872. The largest absolute Gasteiger partial charge is 0.421 e. The second-order valence-electron chi connectivity index (χ2n) is 6.31. The smallest absolute Gasteiger partial charge is 0.248 e. The van der Waals surface area contributed by atoms with Gasteiger partial charge in [-0.2, -0.15) is 11.3 Å². The van der Waals surface area contributed by atoms with Crippen molar-refractivity contribution in [3.63, 3.8) is 0 Å². The highest BCUT2D eigenvalue weighted by molar-refractivity contribution is 7.08. The molecule has 2 aromatic heterocycles. The molecular weight excluding hydrogens is 334 g/mol. The minimum atomic E-state index is 0.106. The summed E-state index contributed by atoms with van der Waals surface area (Å²) < 4.78 is 5.67. The van der Waals surface area contributed by atoms with Crippen LogP contribution >= 0.6 is 11.3 Å². The summed E-state index contributed by atoms with van der Waals surface area (Å²) in [6.07, 6.45) is 1.82. The number of aromatic nitrogens is 2. The minimum absolute atomic E-state index is 0.106. The van der Waals surface area contributed by atoms with Crippen LogP contribution in [0.5, 0.6) is 0 Å². The first-order chi connectivity index (χ1) is 12.2. The van der Waals surface area contributed by atoms with Crippen LogP contribution in [0.2, 0.25) is 0 Å². The van der Waals surface area contributed by atoms with Gasteiger partial charge in [-0.1, -0.05) is 25.1 Å². The Labute approximate surface area is 150 Å². The van der Waals surface area contributed by atoms with E-state index in [1.54, 1.807) is 11.3 Å². The van der Waals surface area contributed by atoms with Gasteiger partial charge in [0.15, 0.2) is 0 Å². The number of hydrogen-bond acceptors (Lipinski definition) is 5. The number of carbonyl (C=O) groups is 1. The van der Waals surface area contributed by atoms with Gasteiger partial charge in [-0.25, -0.2) is 0 Å². The molecule has 1 amide bonds. The molecule has 6 heteroatoms. The zero-order valence-corrected chi connectivity index (χ0v) is 14.8. The summed E-state index contributed by atoms with van der Waals surface area (Å²) in [6.45, 7) is 2.98. The van der Waals surface area contributed by atoms with E-state index >= 15 is 0 Å². The summed E-state index contributed by atoms with van der Waals surface area (Å²) in [5.74, 6) is 1.62. The van der Waals surface area contributed by atoms with Gasteiger partial charge in [-0.3, -0.25) is 4.79 Å².